The van der Waals surface area contributed by atoms with Gasteiger partial charge in [-0.3, -0.25) is 4.79 Å². The molecule has 0 aliphatic heterocycles. The number of amides is 1. The topological polar surface area (TPSA) is 135 Å². The molecule has 0 unspecified atom stereocenters. The van der Waals surface area contributed by atoms with Crippen LogP contribution in [0.5, 0.6) is 0 Å². The molecule has 0 saturated heterocycles. The van der Waals surface area contributed by atoms with Gasteiger partial charge in [-0.25, -0.2) is 18.0 Å². The standard InChI is InChI=1S/C22H29N3O7S/c1-7-25(8-2)33(29,30)16-10-9-13(3)17(11-16)24-18(26)12-32-22(28)20-14(4)19(15(5)23-20)21(27)31-6/h9-11,23H,7-8,12H2,1-6H3,(H,24,26). The molecule has 1 aromatic heterocycles. The summed E-state index contributed by atoms with van der Waals surface area (Å²) in [5, 5.41) is 2.58. The maximum absolute atomic E-state index is 12.8. The first kappa shape index (κ1) is 26.1. The van der Waals surface area contributed by atoms with Crippen molar-refractivity contribution < 1.29 is 32.3 Å². The minimum absolute atomic E-state index is 0.0455. The summed E-state index contributed by atoms with van der Waals surface area (Å²) in [5.74, 6) is -2.04. The van der Waals surface area contributed by atoms with E-state index in [1.54, 1.807) is 40.7 Å². The fourth-order valence-corrected chi connectivity index (χ4v) is 4.85. The molecule has 2 rings (SSSR count). The quantitative estimate of drug-likeness (QED) is 0.528. The highest BCUT2D eigenvalue weighted by molar-refractivity contribution is 7.89. The first-order chi connectivity index (χ1) is 15.5. The van der Waals surface area contributed by atoms with Crippen LogP contribution in [0.25, 0.3) is 0 Å². The van der Waals surface area contributed by atoms with E-state index in [0.29, 0.717) is 35.6 Å². The molecule has 0 saturated carbocycles. The number of sulfonamides is 1. The normalized spacial score (nSPS) is 11.4. The number of hydrogen-bond donors (Lipinski definition) is 2. The van der Waals surface area contributed by atoms with Crippen LogP contribution in [0, 0.1) is 20.8 Å². The monoisotopic (exact) mass is 479 g/mol. The van der Waals surface area contributed by atoms with Crippen molar-refractivity contribution in [1.82, 2.24) is 9.29 Å². The predicted octanol–water partition coefficient (Wildman–Crippen LogP) is 2.55. The zero-order valence-electron chi connectivity index (χ0n) is 19.6. The van der Waals surface area contributed by atoms with Crippen molar-refractivity contribution in [3.05, 3.63) is 46.3 Å². The minimum atomic E-state index is -3.70. The average Bonchev–Trinajstić information content (AvgIpc) is 3.07. The molecule has 0 aliphatic rings. The van der Waals surface area contributed by atoms with Crippen LogP contribution in [0.3, 0.4) is 0 Å². The number of benzene rings is 1. The van der Waals surface area contributed by atoms with Crippen molar-refractivity contribution in [1.29, 1.82) is 0 Å². The number of rotatable bonds is 9. The molecule has 0 radical (unpaired) electrons. The number of carbonyl (C=O) groups excluding carboxylic acids is 3. The van der Waals surface area contributed by atoms with Gasteiger partial charge in [0.15, 0.2) is 6.61 Å². The van der Waals surface area contributed by atoms with Crippen molar-refractivity contribution in [2.45, 2.75) is 39.5 Å². The number of aromatic nitrogens is 1. The van der Waals surface area contributed by atoms with E-state index in [4.69, 9.17) is 9.47 Å². The van der Waals surface area contributed by atoms with E-state index in [1.807, 2.05) is 0 Å². The molecule has 0 atom stereocenters. The lowest BCUT2D eigenvalue weighted by atomic mass is 10.1. The molecule has 1 amide bonds. The van der Waals surface area contributed by atoms with Crippen molar-refractivity contribution in [3.8, 4) is 0 Å². The van der Waals surface area contributed by atoms with Gasteiger partial charge in [0.05, 0.1) is 17.6 Å². The zero-order valence-corrected chi connectivity index (χ0v) is 20.4. The number of aromatic amines is 1. The number of anilines is 1. The van der Waals surface area contributed by atoms with Crippen molar-refractivity contribution in [2.75, 3.05) is 32.1 Å². The molecule has 0 fully saturated rings. The number of carbonyl (C=O) groups is 3. The zero-order chi connectivity index (χ0) is 24.9. The van der Waals surface area contributed by atoms with Crippen molar-refractivity contribution in [3.63, 3.8) is 0 Å². The highest BCUT2D eigenvalue weighted by Crippen LogP contribution is 2.23. The number of nitrogens with one attached hydrogen (secondary N) is 2. The number of aryl methyl sites for hydroxylation is 2. The second kappa shape index (κ2) is 10.6. The van der Waals surface area contributed by atoms with Crippen LogP contribution < -0.4 is 5.32 Å². The smallest absolute Gasteiger partial charge is 0.355 e. The Morgan fingerprint density at radius 3 is 2.27 bits per heavy atom. The molecule has 2 aromatic rings. The Kier molecular flexibility index (Phi) is 8.39. The molecule has 0 spiro atoms. The predicted molar refractivity (Wildman–Crippen MR) is 122 cm³/mol. The Labute approximate surface area is 193 Å². The van der Waals surface area contributed by atoms with Gasteiger partial charge in [-0.05, 0) is 44.0 Å². The summed E-state index contributed by atoms with van der Waals surface area (Å²) in [5.41, 5.74) is 2.02. The van der Waals surface area contributed by atoms with Crippen LogP contribution in [0.1, 0.15) is 51.5 Å². The molecule has 1 heterocycles. The third-order valence-electron chi connectivity index (χ3n) is 5.19. The summed E-state index contributed by atoms with van der Waals surface area (Å²) in [7, 11) is -2.46. The first-order valence-corrected chi connectivity index (χ1v) is 11.8. The molecule has 0 aliphatic carbocycles. The molecule has 11 heteroatoms. The van der Waals surface area contributed by atoms with E-state index in [9.17, 15) is 22.8 Å². The molecule has 33 heavy (non-hydrogen) atoms. The van der Waals surface area contributed by atoms with Crippen LogP contribution in [-0.2, 0) is 24.3 Å². The molecule has 1 aromatic carbocycles. The minimum Gasteiger partial charge on any atom is -0.465 e. The van der Waals surface area contributed by atoms with Gasteiger partial charge in [0, 0.05) is 24.5 Å². The Morgan fingerprint density at radius 2 is 1.70 bits per heavy atom. The van der Waals surface area contributed by atoms with Crippen LogP contribution in [0.4, 0.5) is 5.69 Å². The van der Waals surface area contributed by atoms with E-state index in [1.165, 1.54) is 23.5 Å². The number of methoxy groups -OCH3 is 1. The van der Waals surface area contributed by atoms with Gasteiger partial charge >= 0.3 is 11.9 Å². The van der Waals surface area contributed by atoms with Crippen molar-refractivity contribution in [2.24, 2.45) is 0 Å². The first-order valence-electron chi connectivity index (χ1n) is 10.3. The molecular formula is C22H29N3O7S. The summed E-state index contributed by atoms with van der Waals surface area (Å²) >= 11 is 0. The van der Waals surface area contributed by atoms with Gasteiger partial charge in [-0.2, -0.15) is 4.31 Å². The fraction of sp³-hybridized carbons (Fsp3) is 0.409. The Balaban J connectivity index is 2.13. The molecular weight excluding hydrogens is 450 g/mol. The molecule has 2 N–H and O–H groups in total. The maximum atomic E-state index is 12.8. The molecule has 0 bridgehead atoms. The fourth-order valence-electron chi connectivity index (χ4n) is 3.36. The van der Waals surface area contributed by atoms with Gasteiger partial charge in [0.2, 0.25) is 10.0 Å². The van der Waals surface area contributed by atoms with E-state index in [-0.39, 0.29) is 16.2 Å². The summed E-state index contributed by atoms with van der Waals surface area (Å²) in [6, 6.07) is 4.45. The van der Waals surface area contributed by atoms with Crippen LogP contribution >= 0.6 is 0 Å². The van der Waals surface area contributed by atoms with E-state index < -0.39 is 34.5 Å². The molecule has 180 valence electrons. The number of nitrogens with zero attached hydrogens (tertiary/aromatic N) is 1. The van der Waals surface area contributed by atoms with Gasteiger partial charge in [-0.1, -0.05) is 19.9 Å². The number of esters is 2. The number of ether oxygens (including phenoxy) is 2. The van der Waals surface area contributed by atoms with E-state index in [2.05, 4.69) is 10.3 Å². The largest absolute Gasteiger partial charge is 0.465 e. The second-order valence-corrected chi connectivity index (χ2v) is 9.24. The maximum Gasteiger partial charge on any atom is 0.355 e. The van der Waals surface area contributed by atoms with Crippen LogP contribution in [-0.4, -0.2) is 62.4 Å². The van der Waals surface area contributed by atoms with Crippen molar-refractivity contribution >= 4 is 33.6 Å². The second-order valence-electron chi connectivity index (χ2n) is 7.31. The average molecular weight is 480 g/mol. The molecule has 10 nitrogen and oxygen atoms in total. The summed E-state index contributed by atoms with van der Waals surface area (Å²) in [6.07, 6.45) is 0. The Bertz CT molecular complexity index is 1160. The summed E-state index contributed by atoms with van der Waals surface area (Å²) < 4.78 is 36.6. The number of H-pyrrole nitrogens is 1. The summed E-state index contributed by atoms with van der Waals surface area (Å²) in [6.45, 7) is 8.43. The third kappa shape index (κ3) is 5.60. The van der Waals surface area contributed by atoms with Gasteiger partial charge < -0.3 is 19.8 Å². The Hall–Kier alpha value is -3.18. The number of hydrogen-bond acceptors (Lipinski definition) is 7. The lowest BCUT2D eigenvalue weighted by Crippen LogP contribution is -2.30. The highest BCUT2D eigenvalue weighted by atomic mass is 32.2. The lowest BCUT2D eigenvalue weighted by molar-refractivity contribution is -0.119. The lowest BCUT2D eigenvalue weighted by Gasteiger charge is -2.19. The summed E-state index contributed by atoms with van der Waals surface area (Å²) in [4.78, 5) is 39.5. The van der Waals surface area contributed by atoms with E-state index >= 15 is 0 Å². The Morgan fingerprint density at radius 1 is 1.06 bits per heavy atom. The SMILES string of the molecule is CCN(CC)S(=O)(=O)c1ccc(C)c(NC(=O)COC(=O)c2[nH]c(C)c(C(=O)OC)c2C)c1. The highest BCUT2D eigenvalue weighted by Gasteiger charge is 2.25. The van der Waals surface area contributed by atoms with Gasteiger partial charge in [0.25, 0.3) is 5.91 Å². The van der Waals surface area contributed by atoms with Crippen LogP contribution in [0.15, 0.2) is 23.1 Å². The van der Waals surface area contributed by atoms with E-state index in [0.717, 1.165) is 0 Å². The van der Waals surface area contributed by atoms with Crippen LogP contribution in [0.2, 0.25) is 0 Å². The third-order valence-corrected chi connectivity index (χ3v) is 7.24. The van der Waals surface area contributed by atoms with Gasteiger partial charge in [0.1, 0.15) is 5.69 Å². The van der Waals surface area contributed by atoms with Gasteiger partial charge in [-0.15, -0.1) is 0 Å².